The number of aromatic nitrogens is 2. The number of carbonyl (C=O) groups is 1. The van der Waals surface area contributed by atoms with Crippen LogP contribution in [0.2, 0.25) is 5.35 Å². The average molecular weight is 332 g/mol. The van der Waals surface area contributed by atoms with E-state index < -0.39 is 0 Å². The van der Waals surface area contributed by atoms with Crippen molar-refractivity contribution in [3.63, 3.8) is 0 Å². The van der Waals surface area contributed by atoms with Crippen molar-refractivity contribution in [1.29, 1.82) is 0 Å². The van der Waals surface area contributed by atoms with Gasteiger partial charge in [0.15, 0.2) is 5.58 Å². The van der Waals surface area contributed by atoms with Crippen LogP contribution in [0.3, 0.4) is 0 Å². The standard InChI is InChI=1S/C17H18ClN3O2/c1-11(2)21-8-4-5-13(21)10-20(3)16(22)12-6-7-15-14(9-12)19-17(18)23-15/h4-9,11H,10H2,1-3H3. The fourth-order valence-electron chi connectivity index (χ4n) is 2.63. The smallest absolute Gasteiger partial charge is 0.293 e. The third kappa shape index (κ3) is 3.10. The Balaban J connectivity index is 1.81. The van der Waals surface area contributed by atoms with Crippen molar-refractivity contribution in [1.82, 2.24) is 14.5 Å². The summed E-state index contributed by atoms with van der Waals surface area (Å²) in [4.78, 5) is 18.4. The zero-order chi connectivity index (χ0) is 16.6. The summed E-state index contributed by atoms with van der Waals surface area (Å²) in [6, 6.07) is 9.53. The molecule has 0 spiro atoms. The van der Waals surface area contributed by atoms with Crippen LogP contribution in [0.1, 0.15) is 35.9 Å². The molecule has 0 saturated heterocycles. The van der Waals surface area contributed by atoms with Crippen molar-refractivity contribution < 1.29 is 9.21 Å². The number of fused-ring (bicyclic) bond motifs is 1. The maximum atomic E-state index is 12.6. The number of rotatable bonds is 4. The van der Waals surface area contributed by atoms with E-state index in [0.717, 1.165) is 5.69 Å². The number of halogens is 1. The molecule has 5 nitrogen and oxygen atoms in total. The van der Waals surface area contributed by atoms with Gasteiger partial charge in [0.05, 0.1) is 6.54 Å². The Bertz CT molecular complexity index is 851. The van der Waals surface area contributed by atoms with E-state index in [1.807, 2.05) is 18.3 Å². The Morgan fingerprint density at radius 3 is 2.91 bits per heavy atom. The van der Waals surface area contributed by atoms with Crippen LogP contribution in [-0.4, -0.2) is 27.4 Å². The molecule has 0 saturated carbocycles. The van der Waals surface area contributed by atoms with E-state index in [0.29, 0.717) is 29.2 Å². The molecule has 0 N–H and O–H groups in total. The molecule has 2 aromatic heterocycles. The fourth-order valence-corrected chi connectivity index (χ4v) is 2.81. The largest absolute Gasteiger partial charge is 0.428 e. The van der Waals surface area contributed by atoms with Gasteiger partial charge in [-0.3, -0.25) is 4.79 Å². The molecule has 6 heteroatoms. The van der Waals surface area contributed by atoms with Gasteiger partial charge < -0.3 is 13.9 Å². The normalized spacial score (nSPS) is 11.3. The van der Waals surface area contributed by atoms with Crippen LogP contribution in [0, 0.1) is 0 Å². The summed E-state index contributed by atoms with van der Waals surface area (Å²) in [5, 5.41) is 0.0766. The first-order valence-electron chi connectivity index (χ1n) is 7.43. The van der Waals surface area contributed by atoms with Gasteiger partial charge in [-0.15, -0.1) is 0 Å². The minimum atomic E-state index is -0.0671. The fraction of sp³-hybridized carbons (Fsp3) is 0.294. The molecule has 2 heterocycles. The van der Waals surface area contributed by atoms with Crippen molar-refractivity contribution in [3.05, 3.63) is 53.1 Å². The highest BCUT2D eigenvalue weighted by molar-refractivity contribution is 6.28. The van der Waals surface area contributed by atoms with Gasteiger partial charge in [0.1, 0.15) is 5.52 Å². The lowest BCUT2D eigenvalue weighted by atomic mass is 10.2. The number of hydrogen-bond donors (Lipinski definition) is 0. The van der Waals surface area contributed by atoms with E-state index in [1.54, 1.807) is 30.1 Å². The summed E-state index contributed by atoms with van der Waals surface area (Å²) in [6.07, 6.45) is 2.03. The van der Waals surface area contributed by atoms with Gasteiger partial charge in [0.2, 0.25) is 0 Å². The summed E-state index contributed by atoms with van der Waals surface area (Å²) < 4.78 is 7.37. The molecule has 0 fully saturated rings. The number of amides is 1. The van der Waals surface area contributed by atoms with E-state index in [9.17, 15) is 4.79 Å². The zero-order valence-electron chi connectivity index (χ0n) is 13.3. The molecule has 0 bridgehead atoms. The maximum Gasteiger partial charge on any atom is 0.293 e. The molecule has 120 valence electrons. The Kier molecular flexibility index (Phi) is 4.13. The predicted octanol–water partition coefficient (Wildman–Crippen LogP) is 4.14. The number of benzene rings is 1. The molecular weight excluding hydrogens is 314 g/mol. The molecule has 0 unspecified atom stereocenters. The maximum absolute atomic E-state index is 12.6. The van der Waals surface area contributed by atoms with E-state index in [-0.39, 0.29) is 11.3 Å². The lowest BCUT2D eigenvalue weighted by Gasteiger charge is -2.20. The molecule has 1 amide bonds. The second-order valence-corrected chi connectivity index (χ2v) is 6.13. The third-order valence-corrected chi connectivity index (χ3v) is 3.94. The van der Waals surface area contributed by atoms with E-state index in [4.69, 9.17) is 16.0 Å². The molecule has 3 rings (SSSR count). The number of oxazole rings is 1. The lowest BCUT2D eigenvalue weighted by molar-refractivity contribution is 0.0781. The quantitative estimate of drug-likeness (QED) is 0.722. The van der Waals surface area contributed by atoms with Crippen molar-refractivity contribution in [3.8, 4) is 0 Å². The topological polar surface area (TPSA) is 51.3 Å². The van der Waals surface area contributed by atoms with Crippen molar-refractivity contribution in [2.45, 2.75) is 26.4 Å². The van der Waals surface area contributed by atoms with Crippen LogP contribution in [0.25, 0.3) is 11.1 Å². The second kappa shape index (κ2) is 6.08. The Morgan fingerprint density at radius 1 is 1.39 bits per heavy atom. The molecule has 23 heavy (non-hydrogen) atoms. The summed E-state index contributed by atoms with van der Waals surface area (Å²) in [7, 11) is 1.79. The van der Waals surface area contributed by atoms with Crippen LogP contribution in [-0.2, 0) is 6.54 Å². The molecule has 0 aliphatic heterocycles. The first kappa shape index (κ1) is 15.6. The molecule has 0 aliphatic carbocycles. The van der Waals surface area contributed by atoms with Crippen LogP contribution < -0.4 is 0 Å². The second-order valence-electron chi connectivity index (χ2n) is 5.81. The summed E-state index contributed by atoms with van der Waals surface area (Å²) in [5.41, 5.74) is 2.82. The zero-order valence-corrected chi connectivity index (χ0v) is 14.0. The van der Waals surface area contributed by atoms with E-state index >= 15 is 0 Å². The van der Waals surface area contributed by atoms with Crippen LogP contribution in [0.5, 0.6) is 0 Å². The van der Waals surface area contributed by atoms with Gasteiger partial charge in [-0.2, -0.15) is 4.98 Å². The highest BCUT2D eigenvalue weighted by Gasteiger charge is 2.16. The van der Waals surface area contributed by atoms with Gasteiger partial charge in [0, 0.05) is 30.5 Å². The molecule has 3 aromatic rings. The molecule has 0 atom stereocenters. The van der Waals surface area contributed by atoms with Gasteiger partial charge in [-0.25, -0.2) is 0 Å². The molecule has 0 aliphatic rings. The van der Waals surface area contributed by atoms with Gasteiger partial charge >= 0.3 is 0 Å². The van der Waals surface area contributed by atoms with Crippen molar-refractivity contribution in [2.75, 3.05) is 7.05 Å². The minimum Gasteiger partial charge on any atom is -0.428 e. The summed E-state index contributed by atoms with van der Waals surface area (Å²) >= 11 is 5.74. The first-order valence-corrected chi connectivity index (χ1v) is 7.81. The lowest BCUT2D eigenvalue weighted by Crippen LogP contribution is -2.27. The SMILES string of the molecule is CC(C)n1cccc1CN(C)C(=O)c1ccc2oc(Cl)nc2c1. The summed E-state index contributed by atoms with van der Waals surface area (Å²) in [6.45, 7) is 4.78. The van der Waals surface area contributed by atoms with Gasteiger partial charge in [0.25, 0.3) is 11.3 Å². The predicted molar refractivity (Wildman–Crippen MR) is 89.6 cm³/mol. The highest BCUT2D eigenvalue weighted by atomic mass is 35.5. The highest BCUT2D eigenvalue weighted by Crippen LogP contribution is 2.21. The third-order valence-electron chi connectivity index (χ3n) is 3.78. The van der Waals surface area contributed by atoms with Crippen LogP contribution in [0.15, 0.2) is 40.9 Å². The number of carbonyl (C=O) groups excluding carboxylic acids is 1. The Labute approximate surface area is 139 Å². The molecule has 1 aromatic carbocycles. The monoisotopic (exact) mass is 331 g/mol. The minimum absolute atomic E-state index is 0.0671. The number of hydrogen-bond acceptors (Lipinski definition) is 3. The van der Waals surface area contributed by atoms with Crippen LogP contribution >= 0.6 is 11.6 Å². The van der Waals surface area contributed by atoms with E-state index in [1.165, 1.54) is 0 Å². The van der Waals surface area contributed by atoms with E-state index in [2.05, 4.69) is 23.4 Å². The van der Waals surface area contributed by atoms with Crippen molar-refractivity contribution in [2.24, 2.45) is 0 Å². The van der Waals surface area contributed by atoms with Gasteiger partial charge in [-0.1, -0.05) is 0 Å². The first-order chi connectivity index (χ1) is 11.0. The molecule has 0 radical (unpaired) electrons. The summed E-state index contributed by atoms with van der Waals surface area (Å²) in [5.74, 6) is -0.0671. The van der Waals surface area contributed by atoms with Gasteiger partial charge in [-0.05, 0) is 55.8 Å². The average Bonchev–Trinajstić information content (AvgIpc) is 3.10. The van der Waals surface area contributed by atoms with Crippen molar-refractivity contribution >= 4 is 28.6 Å². The Morgan fingerprint density at radius 2 is 2.17 bits per heavy atom. The number of nitrogens with zero attached hydrogens (tertiary/aromatic N) is 3. The molecular formula is C17H18ClN3O2. The Hall–Kier alpha value is -2.27. The van der Waals surface area contributed by atoms with Crippen LogP contribution in [0.4, 0.5) is 0 Å².